The SMILES string of the molecule is O=C(NCc1ccc(C(F)(F)F)cc1)c1ccn(-c2cccc(F)c2)n1. The van der Waals surface area contributed by atoms with Crippen LogP contribution in [0, 0.1) is 5.82 Å². The van der Waals surface area contributed by atoms with Gasteiger partial charge in [0.1, 0.15) is 5.82 Å². The highest BCUT2D eigenvalue weighted by Gasteiger charge is 2.29. The first kappa shape index (κ1) is 17.7. The molecule has 26 heavy (non-hydrogen) atoms. The van der Waals surface area contributed by atoms with Gasteiger partial charge >= 0.3 is 6.18 Å². The van der Waals surface area contributed by atoms with Crippen molar-refractivity contribution < 1.29 is 22.4 Å². The van der Waals surface area contributed by atoms with Crippen LogP contribution in [0.15, 0.2) is 60.8 Å². The van der Waals surface area contributed by atoms with Gasteiger partial charge in [-0.2, -0.15) is 18.3 Å². The van der Waals surface area contributed by atoms with Crippen molar-refractivity contribution in [1.82, 2.24) is 15.1 Å². The molecule has 134 valence electrons. The Balaban J connectivity index is 1.64. The van der Waals surface area contributed by atoms with E-state index in [1.54, 1.807) is 6.07 Å². The van der Waals surface area contributed by atoms with Crippen LogP contribution in [0.3, 0.4) is 0 Å². The summed E-state index contributed by atoms with van der Waals surface area (Å²) < 4.78 is 52.2. The predicted molar refractivity (Wildman–Crippen MR) is 86.1 cm³/mol. The van der Waals surface area contributed by atoms with E-state index < -0.39 is 23.5 Å². The minimum absolute atomic E-state index is 0.0593. The van der Waals surface area contributed by atoms with Crippen molar-refractivity contribution in [1.29, 1.82) is 0 Å². The van der Waals surface area contributed by atoms with E-state index >= 15 is 0 Å². The minimum atomic E-state index is -4.40. The molecule has 1 amide bonds. The number of benzene rings is 2. The zero-order valence-corrected chi connectivity index (χ0v) is 13.3. The predicted octanol–water partition coefficient (Wildman–Crippen LogP) is 3.96. The van der Waals surface area contributed by atoms with Crippen LogP contribution in [0.25, 0.3) is 5.69 Å². The molecule has 3 aromatic rings. The molecule has 0 aliphatic heterocycles. The van der Waals surface area contributed by atoms with Crippen LogP contribution in [0.2, 0.25) is 0 Å². The van der Waals surface area contributed by atoms with Gasteiger partial charge in [0.25, 0.3) is 5.91 Å². The van der Waals surface area contributed by atoms with Crippen LogP contribution in [0.4, 0.5) is 17.6 Å². The van der Waals surface area contributed by atoms with Gasteiger partial charge in [0.15, 0.2) is 5.69 Å². The zero-order valence-electron chi connectivity index (χ0n) is 13.3. The molecule has 0 saturated heterocycles. The second kappa shape index (κ2) is 6.99. The number of halogens is 4. The molecule has 0 saturated carbocycles. The molecular formula is C18H13F4N3O. The van der Waals surface area contributed by atoms with E-state index in [-0.39, 0.29) is 12.2 Å². The van der Waals surface area contributed by atoms with Crippen molar-refractivity contribution >= 4 is 5.91 Å². The van der Waals surface area contributed by atoms with Crippen LogP contribution in [0.1, 0.15) is 21.6 Å². The molecule has 1 N–H and O–H groups in total. The number of aromatic nitrogens is 2. The highest BCUT2D eigenvalue weighted by atomic mass is 19.4. The van der Waals surface area contributed by atoms with Gasteiger partial charge in [0.05, 0.1) is 11.3 Å². The lowest BCUT2D eigenvalue weighted by Crippen LogP contribution is -2.23. The van der Waals surface area contributed by atoms with Gasteiger partial charge in [-0.15, -0.1) is 0 Å². The zero-order chi connectivity index (χ0) is 18.7. The number of amides is 1. The standard InChI is InChI=1S/C18H13F4N3O/c19-14-2-1-3-15(10-14)25-9-8-16(24-25)17(26)23-11-12-4-6-13(7-5-12)18(20,21)22/h1-10H,11H2,(H,23,26). The number of hydrogen-bond acceptors (Lipinski definition) is 2. The Bertz CT molecular complexity index is 917. The minimum Gasteiger partial charge on any atom is -0.347 e. The van der Waals surface area contributed by atoms with Crippen molar-refractivity contribution in [3.63, 3.8) is 0 Å². The van der Waals surface area contributed by atoms with Gasteiger partial charge in [-0.3, -0.25) is 4.79 Å². The summed E-state index contributed by atoms with van der Waals surface area (Å²) in [6, 6.07) is 11.7. The molecule has 0 unspecified atom stereocenters. The Labute approximate surface area is 146 Å². The van der Waals surface area contributed by atoms with Crippen LogP contribution in [-0.4, -0.2) is 15.7 Å². The van der Waals surface area contributed by atoms with E-state index in [9.17, 15) is 22.4 Å². The van der Waals surface area contributed by atoms with Crippen molar-refractivity contribution in [3.8, 4) is 5.69 Å². The van der Waals surface area contributed by atoms with Crippen LogP contribution in [-0.2, 0) is 12.7 Å². The number of carbonyl (C=O) groups excluding carboxylic acids is 1. The van der Waals surface area contributed by atoms with Gasteiger partial charge in [-0.25, -0.2) is 9.07 Å². The van der Waals surface area contributed by atoms with E-state index in [1.807, 2.05) is 0 Å². The summed E-state index contributed by atoms with van der Waals surface area (Å²) in [6.07, 6.45) is -2.88. The molecular weight excluding hydrogens is 350 g/mol. The van der Waals surface area contributed by atoms with Crippen molar-refractivity contribution in [3.05, 3.63) is 83.4 Å². The molecule has 8 heteroatoms. The number of rotatable bonds is 4. The maximum Gasteiger partial charge on any atom is 0.416 e. The van der Waals surface area contributed by atoms with Gasteiger partial charge in [-0.1, -0.05) is 18.2 Å². The molecule has 1 heterocycles. The molecule has 2 aromatic carbocycles. The molecule has 0 atom stereocenters. The second-order valence-electron chi connectivity index (χ2n) is 5.50. The topological polar surface area (TPSA) is 46.9 Å². The van der Waals surface area contributed by atoms with E-state index in [2.05, 4.69) is 10.4 Å². The monoisotopic (exact) mass is 363 g/mol. The van der Waals surface area contributed by atoms with Crippen LogP contribution >= 0.6 is 0 Å². The first-order valence-electron chi connectivity index (χ1n) is 7.59. The fourth-order valence-corrected chi connectivity index (χ4v) is 2.29. The highest BCUT2D eigenvalue weighted by Crippen LogP contribution is 2.29. The number of nitrogens with one attached hydrogen (secondary N) is 1. The fraction of sp³-hybridized carbons (Fsp3) is 0.111. The van der Waals surface area contributed by atoms with Gasteiger partial charge in [-0.05, 0) is 42.0 Å². The van der Waals surface area contributed by atoms with Crippen LogP contribution < -0.4 is 5.32 Å². The molecule has 0 bridgehead atoms. The maximum atomic E-state index is 13.2. The normalized spacial score (nSPS) is 11.4. The summed E-state index contributed by atoms with van der Waals surface area (Å²) in [6.45, 7) is 0.0593. The smallest absolute Gasteiger partial charge is 0.347 e. The summed E-state index contributed by atoms with van der Waals surface area (Å²) in [5.74, 6) is -0.911. The van der Waals surface area contributed by atoms with Crippen molar-refractivity contribution in [2.45, 2.75) is 12.7 Å². The summed E-state index contributed by atoms with van der Waals surface area (Å²) in [5.41, 5.74) is 0.352. The Kier molecular flexibility index (Phi) is 4.75. The van der Waals surface area contributed by atoms with E-state index in [4.69, 9.17) is 0 Å². The lowest BCUT2D eigenvalue weighted by Gasteiger charge is -2.08. The molecule has 0 aliphatic rings. The Morgan fingerprint density at radius 2 is 1.81 bits per heavy atom. The maximum absolute atomic E-state index is 13.2. The Morgan fingerprint density at radius 1 is 1.08 bits per heavy atom. The third-order valence-corrected chi connectivity index (χ3v) is 3.63. The Morgan fingerprint density at radius 3 is 2.46 bits per heavy atom. The van der Waals surface area contributed by atoms with Crippen molar-refractivity contribution in [2.75, 3.05) is 0 Å². The third kappa shape index (κ3) is 4.08. The van der Waals surface area contributed by atoms with Gasteiger partial charge < -0.3 is 5.32 Å². The molecule has 0 spiro atoms. The number of alkyl halides is 3. The molecule has 0 radical (unpaired) electrons. The molecule has 1 aromatic heterocycles. The summed E-state index contributed by atoms with van der Waals surface area (Å²) in [4.78, 5) is 12.1. The van der Waals surface area contributed by atoms with E-state index in [0.717, 1.165) is 12.1 Å². The average molecular weight is 363 g/mol. The summed E-state index contributed by atoms with van der Waals surface area (Å²) in [5, 5.41) is 6.65. The quantitative estimate of drug-likeness (QED) is 0.714. The fourth-order valence-electron chi connectivity index (χ4n) is 2.29. The average Bonchev–Trinajstić information content (AvgIpc) is 3.09. The number of nitrogens with zero attached hydrogens (tertiary/aromatic N) is 2. The summed E-state index contributed by atoms with van der Waals surface area (Å²) in [7, 11) is 0. The summed E-state index contributed by atoms with van der Waals surface area (Å²) >= 11 is 0. The van der Waals surface area contributed by atoms with Crippen molar-refractivity contribution in [2.24, 2.45) is 0 Å². The Hall–Kier alpha value is -3.16. The first-order chi connectivity index (χ1) is 12.3. The van der Waals surface area contributed by atoms with E-state index in [1.165, 1.54) is 47.3 Å². The largest absolute Gasteiger partial charge is 0.416 e. The second-order valence-corrected chi connectivity index (χ2v) is 5.50. The van der Waals surface area contributed by atoms with Gasteiger partial charge in [0.2, 0.25) is 0 Å². The lowest BCUT2D eigenvalue weighted by atomic mass is 10.1. The third-order valence-electron chi connectivity index (χ3n) is 3.63. The molecule has 0 aliphatic carbocycles. The molecule has 3 rings (SSSR count). The van der Waals surface area contributed by atoms with Crippen LogP contribution in [0.5, 0.6) is 0 Å². The number of carbonyl (C=O) groups is 1. The van der Waals surface area contributed by atoms with Gasteiger partial charge in [0, 0.05) is 12.7 Å². The first-order valence-corrected chi connectivity index (χ1v) is 7.59. The highest BCUT2D eigenvalue weighted by molar-refractivity contribution is 5.92. The van der Waals surface area contributed by atoms with E-state index in [0.29, 0.717) is 11.3 Å². The lowest BCUT2D eigenvalue weighted by molar-refractivity contribution is -0.137. The number of hydrogen-bond donors (Lipinski definition) is 1. The molecule has 4 nitrogen and oxygen atoms in total. The molecule has 0 fully saturated rings.